The van der Waals surface area contributed by atoms with Crippen molar-refractivity contribution in [1.29, 1.82) is 0 Å². The largest absolute Gasteiger partial charge is 0.496 e. The zero-order valence-electron chi connectivity index (χ0n) is 20.8. The van der Waals surface area contributed by atoms with Crippen LogP contribution in [0.2, 0.25) is 0 Å². The van der Waals surface area contributed by atoms with E-state index < -0.39 is 0 Å². The van der Waals surface area contributed by atoms with Crippen LogP contribution in [0, 0.1) is 0 Å². The van der Waals surface area contributed by atoms with Crippen molar-refractivity contribution in [2.24, 2.45) is 0 Å². The lowest BCUT2D eigenvalue weighted by atomic mass is 9.97. The summed E-state index contributed by atoms with van der Waals surface area (Å²) in [6.07, 6.45) is 1.54. The van der Waals surface area contributed by atoms with Crippen molar-refractivity contribution >= 4 is 39.7 Å². The number of carbonyl (C=O) groups excluding carboxylic acids is 2. The molecule has 1 saturated heterocycles. The molecule has 2 amide bonds. The van der Waals surface area contributed by atoms with Gasteiger partial charge in [0, 0.05) is 47.6 Å². The normalized spacial score (nSPS) is 15.3. The quantitative estimate of drug-likeness (QED) is 0.397. The third kappa shape index (κ3) is 4.74. The number of fused-ring (bicyclic) bond motifs is 2. The molecule has 0 radical (unpaired) electrons. The van der Waals surface area contributed by atoms with Crippen molar-refractivity contribution < 1.29 is 23.8 Å². The summed E-state index contributed by atoms with van der Waals surface area (Å²) in [5.74, 6) is 1.74. The number of carbonyl (C=O) groups is 2. The average molecular weight is 531 g/mol. The summed E-state index contributed by atoms with van der Waals surface area (Å²) in [5.41, 5.74) is 2.12. The topological polar surface area (TPSA) is 103 Å². The van der Waals surface area contributed by atoms with Gasteiger partial charge in [0.25, 0.3) is 11.8 Å². The molecule has 1 fully saturated rings. The Morgan fingerprint density at radius 2 is 1.79 bits per heavy atom. The third-order valence-corrected chi connectivity index (χ3v) is 7.81. The first-order valence-corrected chi connectivity index (χ1v) is 13.4. The van der Waals surface area contributed by atoms with Gasteiger partial charge < -0.3 is 24.4 Å². The minimum absolute atomic E-state index is 0.105. The van der Waals surface area contributed by atoms with E-state index in [9.17, 15) is 9.59 Å². The maximum atomic E-state index is 13.2. The fraction of sp³-hybridized carbons (Fsp3) is 0.286. The number of thiazole rings is 1. The Balaban J connectivity index is 1.09. The Hall–Kier alpha value is -4.18. The number of hydrogen-bond acceptors (Lipinski definition) is 8. The lowest BCUT2D eigenvalue weighted by Crippen LogP contribution is -2.38. The Labute approximate surface area is 223 Å². The number of hydrogen-bond donors (Lipinski definition) is 1. The number of anilines is 1. The van der Waals surface area contributed by atoms with E-state index in [0.717, 1.165) is 28.8 Å². The number of nitrogens with zero attached hydrogens (tertiary/aromatic N) is 3. The second kappa shape index (κ2) is 10.3. The first-order chi connectivity index (χ1) is 18.6. The molecule has 6 rings (SSSR count). The van der Waals surface area contributed by atoms with Crippen LogP contribution in [0.1, 0.15) is 44.7 Å². The number of nitrogens with one attached hydrogen (secondary N) is 1. The molecular formula is C28H26N4O5S. The summed E-state index contributed by atoms with van der Waals surface area (Å²) in [7, 11) is 1.60. The predicted octanol–water partition coefficient (Wildman–Crippen LogP) is 4.74. The lowest BCUT2D eigenvalue weighted by molar-refractivity contribution is 0.0707. The highest BCUT2D eigenvalue weighted by molar-refractivity contribution is 7.10. The second-order valence-electron chi connectivity index (χ2n) is 9.18. The van der Waals surface area contributed by atoms with Gasteiger partial charge >= 0.3 is 0 Å². The van der Waals surface area contributed by atoms with E-state index in [1.807, 2.05) is 29.2 Å². The number of ether oxygens (including phenoxy) is 3. The number of benzene rings is 2. The van der Waals surface area contributed by atoms with Gasteiger partial charge in [0.1, 0.15) is 30.4 Å². The van der Waals surface area contributed by atoms with E-state index in [1.165, 1.54) is 11.3 Å². The molecule has 4 aromatic rings. The van der Waals surface area contributed by atoms with Gasteiger partial charge in [0.05, 0.1) is 17.6 Å². The monoisotopic (exact) mass is 530 g/mol. The molecular weight excluding hydrogens is 504 g/mol. The molecule has 38 heavy (non-hydrogen) atoms. The molecule has 10 heteroatoms. The number of piperidine rings is 1. The van der Waals surface area contributed by atoms with Crippen LogP contribution < -0.4 is 19.5 Å². The van der Waals surface area contributed by atoms with E-state index in [-0.39, 0.29) is 17.7 Å². The predicted molar refractivity (Wildman–Crippen MR) is 144 cm³/mol. The van der Waals surface area contributed by atoms with Crippen LogP contribution in [0.5, 0.6) is 17.2 Å². The van der Waals surface area contributed by atoms with Crippen LogP contribution in [-0.4, -0.2) is 60.1 Å². The lowest BCUT2D eigenvalue weighted by Gasteiger charge is -2.31. The number of aromatic nitrogens is 2. The van der Waals surface area contributed by atoms with Crippen LogP contribution in [0.25, 0.3) is 10.9 Å². The molecule has 0 atom stereocenters. The highest BCUT2D eigenvalue weighted by atomic mass is 32.1. The van der Waals surface area contributed by atoms with Crippen molar-refractivity contribution in [3.8, 4) is 17.2 Å². The molecule has 0 aliphatic carbocycles. The van der Waals surface area contributed by atoms with Crippen LogP contribution in [0.4, 0.5) is 5.69 Å². The summed E-state index contributed by atoms with van der Waals surface area (Å²) in [5, 5.41) is 6.46. The molecule has 2 aliphatic rings. The summed E-state index contributed by atoms with van der Waals surface area (Å²) < 4.78 is 16.6. The summed E-state index contributed by atoms with van der Waals surface area (Å²) in [6, 6.07) is 14.7. The van der Waals surface area contributed by atoms with Crippen molar-refractivity contribution in [1.82, 2.24) is 14.9 Å². The van der Waals surface area contributed by atoms with Crippen LogP contribution in [-0.2, 0) is 0 Å². The highest BCUT2D eigenvalue weighted by Gasteiger charge is 2.28. The molecule has 2 aliphatic heterocycles. The Morgan fingerprint density at radius 3 is 2.61 bits per heavy atom. The fourth-order valence-electron chi connectivity index (χ4n) is 4.81. The summed E-state index contributed by atoms with van der Waals surface area (Å²) in [6.45, 7) is 2.19. The fourth-order valence-corrected chi connectivity index (χ4v) is 5.78. The Bertz CT molecular complexity index is 1510. The number of likely N-dealkylation sites (tertiary alicyclic amines) is 1. The second-order valence-corrected chi connectivity index (χ2v) is 10.1. The van der Waals surface area contributed by atoms with Crippen molar-refractivity contribution in [3.63, 3.8) is 0 Å². The molecule has 0 saturated carbocycles. The Morgan fingerprint density at radius 1 is 1.00 bits per heavy atom. The molecule has 0 spiro atoms. The third-order valence-electron chi connectivity index (χ3n) is 6.80. The number of rotatable bonds is 5. The zero-order valence-corrected chi connectivity index (χ0v) is 21.6. The van der Waals surface area contributed by atoms with E-state index in [0.29, 0.717) is 60.6 Å². The zero-order chi connectivity index (χ0) is 26.1. The van der Waals surface area contributed by atoms with Gasteiger partial charge in [-0.05, 0) is 37.1 Å². The maximum absolute atomic E-state index is 13.2. The molecule has 0 bridgehead atoms. The highest BCUT2D eigenvalue weighted by Crippen LogP contribution is 2.34. The maximum Gasteiger partial charge on any atom is 0.275 e. The van der Waals surface area contributed by atoms with Crippen molar-refractivity contribution in [2.75, 3.05) is 38.7 Å². The van der Waals surface area contributed by atoms with Gasteiger partial charge in [0.2, 0.25) is 0 Å². The van der Waals surface area contributed by atoms with Gasteiger partial charge in [-0.15, -0.1) is 11.3 Å². The van der Waals surface area contributed by atoms with E-state index in [2.05, 4.69) is 15.3 Å². The molecule has 0 unspecified atom stereocenters. The van der Waals surface area contributed by atoms with Gasteiger partial charge in [-0.3, -0.25) is 9.59 Å². The van der Waals surface area contributed by atoms with Crippen LogP contribution in [0.15, 0.2) is 53.9 Å². The number of para-hydroxylation sites is 1. The van der Waals surface area contributed by atoms with Gasteiger partial charge in [0.15, 0.2) is 11.5 Å². The number of pyridine rings is 1. The molecule has 9 nitrogen and oxygen atoms in total. The van der Waals surface area contributed by atoms with E-state index in [4.69, 9.17) is 14.2 Å². The van der Waals surface area contributed by atoms with Gasteiger partial charge in [-0.25, -0.2) is 9.97 Å². The molecule has 1 N–H and O–H groups in total. The molecule has 2 aromatic heterocycles. The van der Waals surface area contributed by atoms with Crippen molar-refractivity contribution in [3.05, 3.63) is 70.3 Å². The average Bonchev–Trinajstić information content (AvgIpc) is 3.47. The van der Waals surface area contributed by atoms with Crippen molar-refractivity contribution in [2.45, 2.75) is 18.8 Å². The first kappa shape index (κ1) is 24.2. The Kier molecular flexibility index (Phi) is 6.55. The number of amides is 2. The smallest absolute Gasteiger partial charge is 0.275 e. The number of methoxy groups -OCH3 is 1. The minimum Gasteiger partial charge on any atom is -0.496 e. The summed E-state index contributed by atoms with van der Waals surface area (Å²) >= 11 is 1.48. The molecule has 194 valence electrons. The molecule has 2 aromatic carbocycles. The van der Waals surface area contributed by atoms with Crippen LogP contribution in [0.3, 0.4) is 0 Å². The summed E-state index contributed by atoms with van der Waals surface area (Å²) in [4.78, 5) is 37.1. The van der Waals surface area contributed by atoms with Gasteiger partial charge in [-0.1, -0.05) is 12.1 Å². The SMILES string of the molecule is COc1cc(C(=O)N2CCC(c3nc(C(=O)Nc4ccc5c(c4)OCCO5)cs3)CC2)nc2ccccc12. The standard InChI is InChI=1S/C28H26N4O5S/c1-35-24-15-21(30-20-5-3-2-4-19(20)24)28(34)32-10-8-17(9-11-32)27-31-22(16-38-27)26(33)29-18-6-7-23-25(14-18)37-13-12-36-23/h2-7,14-17H,8-13H2,1H3,(H,29,33). The first-order valence-electron chi connectivity index (χ1n) is 12.5. The van der Waals surface area contributed by atoms with Crippen LogP contribution >= 0.6 is 11.3 Å². The van der Waals surface area contributed by atoms with E-state index in [1.54, 1.807) is 36.8 Å². The molecule has 4 heterocycles. The minimum atomic E-state index is -0.270. The van der Waals surface area contributed by atoms with Gasteiger partial charge in [-0.2, -0.15) is 0 Å². The van der Waals surface area contributed by atoms with E-state index >= 15 is 0 Å².